The van der Waals surface area contributed by atoms with E-state index in [1.54, 1.807) is 0 Å². The van der Waals surface area contributed by atoms with Crippen LogP contribution in [0.25, 0.3) is 0 Å². The summed E-state index contributed by atoms with van der Waals surface area (Å²) in [6.45, 7) is 2.22. The van der Waals surface area contributed by atoms with Crippen LogP contribution in [-0.4, -0.2) is 24.3 Å². The summed E-state index contributed by atoms with van der Waals surface area (Å²) in [4.78, 5) is 10.7. The van der Waals surface area contributed by atoms with E-state index in [4.69, 9.17) is 9.84 Å². The number of unbranched alkanes of at least 4 members (excludes halogenated alkanes) is 14. The van der Waals surface area contributed by atoms with Gasteiger partial charge in [0.1, 0.15) is 6.61 Å². The van der Waals surface area contributed by atoms with E-state index in [2.05, 4.69) is 6.92 Å². The van der Waals surface area contributed by atoms with Crippen LogP contribution in [0.1, 0.15) is 103 Å². The molecule has 0 aromatic carbocycles. The van der Waals surface area contributed by atoms with Crippen LogP contribution >= 0.6 is 0 Å². The predicted molar refractivity (Wildman–Crippen MR) is 93.0 cm³/mol. The zero-order chi connectivity index (χ0) is 16.3. The molecule has 0 rings (SSSR count). The summed E-state index contributed by atoms with van der Waals surface area (Å²) >= 11 is 0. The Morgan fingerprint density at radius 1 is 0.682 bits per heavy atom. The Hall–Kier alpha value is -0.570. The molecule has 0 fully saturated rings. The molecule has 3 nitrogen and oxygen atoms in total. The minimum absolute atomic E-state index is 0.456. The maximum absolute atomic E-state index is 10.7. The molecule has 3 heteroatoms. The van der Waals surface area contributed by atoms with Gasteiger partial charge in [-0.15, -0.1) is 0 Å². The van der Waals surface area contributed by atoms with Crippen LogP contribution in [0.15, 0.2) is 0 Å². The average Bonchev–Trinajstić information content (AvgIpc) is 2.54. The molecule has 0 aliphatic carbocycles. The first-order valence-electron chi connectivity index (χ1n) is 9.57. The Labute approximate surface area is 137 Å². The largest absolute Gasteiger partial charge is 0.464 e. The zero-order valence-electron chi connectivity index (χ0n) is 14.8. The topological polar surface area (TPSA) is 46.5 Å². The van der Waals surface area contributed by atoms with Gasteiger partial charge in [0.05, 0.1) is 6.61 Å². The van der Waals surface area contributed by atoms with Gasteiger partial charge >= 0.3 is 5.97 Å². The van der Waals surface area contributed by atoms with E-state index in [1.807, 2.05) is 0 Å². The summed E-state index contributed by atoms with van der Waals surface area (Å²) in [6, 6.07) is 0. The summed E-state index contributed by atoms with van der Waals surface area (Å²) in [5.41, 5.74) is 0. The Morgan fingerprint density at radius 2 is 1.05 bits per heavy atom. The van der Waals surface area contributed by atoms with Gasteiger partial charge in [0.2, 0.25) is 0 Å². The van der Waals surface area contributed by atoms with Gasteiger partial charge in [-0.25, -0.2) is 4.79 Å². The van der Waals surface area contributed by atoms with E-state index >= 15 is 0 Å². The Kier molecular flexibility index (Phi) is 18.0. The number of carbonyl (C=O) groups excluding carboxylic acids is 1. The number of aliphatic hydroxyl groups excluding tert-OH is 1. The fourth-order valence-electron chi connectivity index (χ4n) is 2.71. The first-order valence-corrected chi connectivity index (χ1v) is 9.57. The van der Waals surface area contributed by atoms with Crippen LogP contribution in [0.4, 0.5) is 0 Å². The van der Waals surface area contributed by atoms with Gasteiger partial charge in [0, 0.05) is 0 Å². The fourth-order valence-corrected chi connectivity index (χ4v) is 2.71. The first kappa shape index (κ1) is 21.4. The van der Waals surface area contributed by atoms with Gasteiger partial charge in [-0.05, 0) is 6.42 Å². The molecule has 22 heavy (non-hydrogen) atoms. The third-order valence-corrected chi connectivity index (χ3v) is 4.14. The first-order chi connectivity index (χ1) is 10.8. The maximum Gasteiger partial charge on any atom is 0.331 e. The highest BCUT2D eigenvalue weighted by Crippen LogP contribution is 2.13. The van der Waals surface area contributed by atoms with Gasteiger partial charge < -0.3 is 9.84 Å². The van der Waals surface area contributed by atoms with Crippen molar-refractivity contribution in [3.05, 3.63) is 0 Å². The second kappa shape index (κ2) is 18.5. The molecule has 0 aromatic heterocycles. The van der Waals surface area contributed by atoms with E-state index < -0.39 is 12.6 Å². The summed E-state index contributed by atoms with van der Waals surface area (Å²) in [6.07, 6.45) is 20.0. The highest BCUT2D eigenvalue weighted by Gasteiger charge is 1.98. The molecule has 0 aromatic rings. The molecule has 0 bridgehead atoms. The smallest absolute Gasteiger partial charge is 0.331 e. The van der Waals surface area contributed by atoms with Crippen molar-refractivity contribution in [3.63, 3.8) is 0 Å². The minimum atomic E-state index is -0.509. The molecule has 0 heterocycles. The van der Waals surface area contributed by atoms with Crippen molar-refractivity contribution in [1.82, 2.24) is 0 Å². The van der Waals surface area contributed by atoms with Crippen molar-refractivity contribution >= 4 is 5.97 Å². The average molecular weight is 315 g/mol. The molecule has 0 aliphatic rings. The lowest BCUT2D eigenvalue weighted by Crippen LogP contribution is -2.09. The van der Waals surface area contributed by atoms with E-state index in [9.17, 15) is 4.79 Å². The lowest BCUT2D eigenvalue weighted by molar-refractivity contribution is -0.147. The van der Waals surface area contributed by atoms with Crippen molar-refractivity contribution in [3.8, 4) is 0 Å². The molecule has 132 valence electrons. The van der Waals surface area contributed by atoms with Crippen LogP contribution in [0.2, 0.25) is 0 Å². The molecular formula is C19H38O3. The number of hydrogen-bond donors (Lipinski definition) is 1. The third kappa shape index (κ3) is 17.5. The summed E-state index contributed by atoms with van der Waals surface area (Å²) < 4.78 is 4.82. The lowest BCUT2D eigenvalue weighted by Gasteiger charge is -2.04. The van der Waals surface area contributed by atoms with Crippen LogP contribution in [0, 0.1) is 0 Å². The van der Waals surface area contributed by atoms with E-state index in [-0.39, 0.29) is 0 Å². The van der Waals surface area contributed by atoms with Crippen molar-refractivity contribution in [2.75, 3.05) is 13.2 Å². The maximum atomic E-state index is 10.7. The molecule has 0 radical (unpaired) electrons. The highest BCUT2D eigenvalue weighted by molar-refractivity contribution is 5.70. The van der Waals surface area contributed by atoms with Gasteiger partial charge in [0.25, 0.3) is 0 Å². The van der Waals surface area contributed by atoms with Gasteiger partial charge in [-0.1, -0.05) is 96.8 Å². The molecule has 1 N–H and O–H groups in total. The van der Waals surface area contributed by atoms with E-state index in [1.165, 1.54) is 83.5 Å². The number of esters is 1. The fraction of sp³-hybridized carbons (Fsp3) is 0.947. The molecule has 0 saturated heterocycles. The quantitative estimate of drug-likeness (QED) is 0.289. The molecule has 0 saturated carbocycles. The minimum Gasteiger partial charge on any atom is -0.464 e. The van der Waals surface area contributed by atoms with E-state index in [0.717, 1.165) is 12.8 Å². The number of carbonyl (C=O) groups is 1. The van der Waals surface area contributed by atoms with E-state index in [0.29, 0.717) is 6.61 Å². The standard InChI is InChI=1S/C19H38O3/c1-2-3-4-5-6-7-8-9-10-11-12-13-14-15-16-17-22-19(21)18-20/h20H,2-18H2,1H3. The molecule has 0 atom stereocenters. The van der Waals surface area contributed by atoms with Crippen LogP contribution in [0.3, 0.4) is 0 Å². The Morgan fingerprint density at radius 3 is 1.41 bits per heavy atom. The SMILES string of the molecule is CCCCCCCCCCCCCCCCCOC(=O)CO. The molecule has 0 unspecified atom stereocenters. The zero-order valence-corrected chi connectivity index (χ0v) is 14.8. The second-order valence-corrected chi connectivity index (χ2v) is 6.33. The molecule has 0 amide bonds. The molecule has 0 spiro atoms. The lowest BCUT2D eigenvalue weighted by atomic mass is 10.0. The highest BCUT2D eigenvalue weighted by atomic mass is 16.5. The van der Waals surface area contributed by atoms with Gasteiger partial charge in [-0.2, -0.15) is 0 Å². The normalized spacial score (nSPS) is 10.8. The Balaban J connectivity index is 2.98. The number of rotatable bonds is 17. The van der Waals surface area contributed by atoms with Crippen molar-refractivity contribution in [1.29, 1.82) is 0 Å². The second-order valence-electron chi connectivity index (χ2n) is 6.33. The Bertz CT molecular complexity index is 229. The summed E-state index contributed by atoms with van der Waals surface area (Å²) in [5.74, 6) is -0.509. The third-order valence-electron chi connectivity index (χ3n) is 4.14. The van der Waals surface area contributed by atoms with Gasteiger partial charge in [-0.3, -0.25) is 0 Å². The molecular weight excluding hydrogens is 276 g/mol. The van der Waals surface area contributed by atoms with Crippen molar-refractivity contribution in [2.45, 2.75) is 103 Å². The van der Waals surface area contributed by atoms with Crippen LogP contribution in [0.5, 0.6) is 0 Å². The number of hydrogen-bond acceptors (Lipinski definition) is 3. The van der Waals surface area contributed by atoms with Crippen LogP contribution in [-0.2, 0) is 9.53 Å². The summed E-state index contributed by atoms with van der Waals surface area (Å²) in [5, 5.41) is 8.49. The molecule has 0 aliphatic heterocycles. The number of ether oxygens (including phenoxy) is 1. The predicted octanol–water partition coefficient (Wildman–Crippen LogP) is 5.39. The van der Waals surface area contributed by atoms with Crippen LogP contribution < -0.4 is 0 Å². The van der Waals surface area contributed by atoms with Crippen molar-refractivity contribution in [2.24, 2.45) is 0 Å². The monoisotopic (exact) mass is 314 g/mol. The summed E-state index contributed by atoms with van der Waals surface area (Å²) in [7, 11) is 0. The van der Waals surface area contributed by atoms with Gasteiger partial charge in [0.15, 0.2) is 0 Å². The van der Waals surface area contributed by atoms with Crippen molar-refractivity contribution < 1.29 is 14.6 Å². The number of aliphatic hydroxyl groups is 1.